The highest BCUT2D eigenvalue weighted by Gasteiger charge is 2.26. The van der Waals surface area contributed by atoms with Crippen LogP contribution in [-0.2, 0) is 9.53 Å². The van der Waals surface area contributed by atoms with Gasteiger partial charge in [0, 0.05) is 10.9 Å². The molecule has 4 aromatic rings. The van der Waals surface area contributed by atoms with E-state index in [1.54, 1.807) is 12.1 Å². The molecule has 0 aliphatic rings. The van der Waals surface area contributed by atoms with Gasteiger partial charge in [-0.15, -0.1) is 11.3 Å². The van der Waals surface area contributed by atoms with Crippen LogP contribution in [-0.4, -0.2) is 22.6 Å². The molecular weight excluding hydrogens is 396 g/mol. The molecule has 6 heteroatoms. The number of carbonyl (C=O) groups excluding carboxylic acids is 1. The van der Waals surface area contributed by atoms with E-state index in [4.69, 9.17) is 4.74 Å². The van der Waals surface area contributed by atoms with E-state index < -0.39 is 12.0 Å². The summed E-state index contributed by atoms with van der Waals surface area (Å²) < 4.78 is 6.36. The van der Waals surface area contributed by atoms with Gasteiger partial charge in [0.2, 0.25) is 0 Å². The van der Waals surface area contributed by atoms with Crippen molar-refractivity contribution < 1.29 is 9.53 Å². The summed E-state index contributed by atoms with van der Waals surface area (Å²) in [7, 11) is 1.32. The van der Waals surface area contributed by atoms with Crippen LogP contribution >= 0.6 is 11.3 Å². The molecule has 2 heterocycles. The van der Waals surface area contributed by atoms with Crippen LogP contribution in [0.15, 0.2) is 71.1 Å². The third-order valence-corrected chi connectivity index (χ3v) is 6.11. The van der Waals surface area contributed by atoms with Crippen molar-refractivity contribution in [1.82, 2.24) is 9.55 Å². The molecule has 1 unspecified atom stereocenters. The van der Waals surface area contributed by atoms with E-state index in [0.717, 1.165) is 11.1 Å². The van der Waals surface area contributed by atoms with Crippen LogP contribution < -0.4 is 5.56 Å². The van der Waals surface area contributed by atoms with Crippen molar-refractivity contribution in [1.29, 1.82) is 0 Å². The number of rotatable bonds is 5. The number of fused-ring (bicyclic) bond motifs is 1. The Kier molecular flexibility index (Phi) is 5.50. The molecule has 0 radical (unpaired) electrons. The van der Waals surface area contributed by atoms with Gasteiger partial charge in [-0.3, -0.25) is 9.36 Å². The molecule has 2 aromatic carbocycles. The predicted molar refractivity (Wildman–Crippen MR) is 120 cm³/mol. The standard InChI is InChI=1S/C24H22N2O3S/c1-15(2)16-9-11-17(12-10-16)19-13-30-22-20(19)23(27)26(14-25-22)21(24(28)29-3)18-7-5-4-6-8-18/h4-15,21H,1-3H3. The maximum Gasteiger partial charge on any atom is 0.333 e. The molecule has 0 amide bonds. The number of benzene rings is 2. The first kappa shape index (κ1) is 20.0. The van der Waals surface area contributed by atoms with Gasteiger partial charge < -0.3 is 4.74 Å². The smallest absolute Gasteiger partial charge is 0.333 e. The Bertz CT molecular complexity index is 1240. The molecule has 30 heavy (non-hydrogen) atoms. The number of aromatic nitrogens is 2. The topological polar surface area (TPSA) is 61.2 Å². The second-order valence-electron chi connectivity index (χ2n) is 7.40. The van der Waals surface area contributed by atoms with Gasteiger partial charge in [-0.05, 0) is 22.6 Å². The molecule has 1 atom stereocenters. The van der Waals surface area contributed by atoms with Crippen LogP contribution in [0.5, 0.6) is 0 Å². The van der Waals surface area contributed by atoms with Crippen molar-refractivity contribution in [2.75, 3.05) is 7.11 Å². The van der Waals surface area contributed by atoms with Gasteiger partial charge in [-0.25, -0.2) is 9.78 Å². The van der Waals surface area contributed by atoms with Crippen molar-refractivity contribution >= 4 is 27.5 Å². The highest BCUT2D eigenvalue weighted by atomic mass is 32.1. The Morgan fingerprint density at radius 3 is 2.37 bits per heavy atom. The summed E-state index contributed by atoms with van der Waals surface area (Å²) in [6.07, 6.45) is 1.43. The first-order valence-corrected chi connectivity index (χ1v) is 10.6. The van der Waals surface area contributed by atoms with E-state index in [2.05, 4.69) is 31.0 Å². The van der Waals surface area contributed by atoms with Gasteiger partial charge in [0.25, 0.3) is 5.56 Å². The lowest BCUT2D eigenvalue weighted by Crippen LogP contribution is -2.31. The molecule has 0 aliphatic carbocycles. The minimum absolute atomic E-state index is 0.261. The molecule has 0 saturated heterocycles. The summed E-state index contributed by atoms with van der Waals surface area (Å²) in [6, 6.07) is 16.5. The summed E-state index contributed by atoms with van der Waals surface area (Å²) in [6.45, 7) is 4.29. The predicted octanol–water partition coefficient (Wildman–Crippen LogP) is 5.01. The Morgan fingerprint density at radius 1 is 1.03 bits per heavy atom. The van der Waals surface area contributed by atoms with Gasteiger partial charge >= 0.3 is 5.97 Å². The number of thiophene rings is 1. The molecule has 0 N–H and O–H groups in total. The van der Waals surface area contributed by atoms with Crippen molar-refractivity contribution in [3.05, 3.63) is 87.8 Å². The average Bonchev–Trinajstić information content (AvgIpc) is 3.21. The van der Waals surface area contributed by atoms with Crippen molar-refractivity contribution in [2.45, 2.75) is 25.8 Å². The van der Waals surface area contributed by atoms with E-state index in [1.807, 2.05) is 35.7 Å². The van der Waals surface area contributed by atoms with Gasteiger partial charge in [-0.2, -0.15) is 0 Å². The SMILES string of the molecule is COC(=O)C(c1ccccc1)n1cnc2scc(-c3ccc(C(C)C)cc3)c2c1=O. The van der Waals surface area contributed by atoms with Crippen molar-refractivity contribution in [3.63, 3.8) is 0 Å². The minimum atomic E-state index is -0.892. The van der Waals surface area contributed by atoms with Gasteiger partial charge in [-0.1, -0.05) is 68.4 Å². The minimum Gasteiger partial charge on any atom is -0.467 e. The Morgan fingerprint density at radius 2 is 1.73 bits per heavy atom. The molecular formula is C24H22N2O3S. The number of methoxy groups -OCH3 is 1. The van der Waals surface area contributed by atoms with E-state index in [-0.39, 0.29) is 5.56 Å². The van der Waals surface area contributed by atoms with E-state index >= 15 is 0 Å². The second-order valence-corrected chi connectivity index (χ2v) is 8.26. The van der Waals surface area contributed by atoms with Gasteiger partial charge in [0.15, 0.2) is 6.04 Å². The third kappa shape index (κ3) is 3.55. The average molecular weight is 419 g/mol. The fourth-order valence-electron chi connectivity index (χ4n) is 3.55. The zero-order valence-corrected chi connectivity index (χ0v) is 17.8. The van der Waals surface area contributed by atoms with E-state index in [1.165, 1.54) is 34.9 Å². The number of esters is 1. The largest absolute Gasteiger partial charge is 0.467 e. The number of nitrogens with zero attached hydrogens (tertiary/aromatic N) is 2. The van der Waals surface area contributed by atoms with Crippen LogP contribution in [0.2, 0.25) is 0 Å². The summed E-state index contributed by atoms with van der Waals surface area (Å²) in [5.41, 5.74) is 3.43. The summed E-state index contributed by atoms with van der Waals surface area (Å²) in [4.78, 5) is 31.2. The lowest BCUT2D eigenvalue weighted by atomic mass is 9.99. The van der Waals surface area contributed by atoms with Crippen LogP contribution in [0.1, 0.15) is 36.9 Å². The zero-order chi connectivity index (χ0) is 21.3. The first-order valence-electron chi connectivity index (χ1n) is 9.72. The van der Waals surface area contributed by atoms with Crippen molar-refractivity contribution in [2.24, 2.45) is 0 Å². The molecule has 0 aliphatic heterocycles. The fraction of sp³-hybridized carbons (Fsp3) is 0.208. The fourth-order valence-corrected chi connectivity index (χ4v) is 4.45. The van der Waals surface area contributed by atoms with E-state index in [0.29, 0.717) is 21.7 Å². The molecule has 5 nitrogen and oxygen atoms in total. The lowest BCUT2D eigenvalue weighted by molar-refractivity contribution is -0.143. The summed E-state index contributed by atoms with van der Waals surface area (Å²) >= 11 is 1.42. The maximum atomic E-state index is 13.5. The molecule has 0 saturated carbocycles. The number of hydrogen-bond acceptors (Lipinski definition) is 5. The van der Waals surface area contributed by atoms with Crippen LogP contribution in [0.4, 0.5) is 0 Å². The van der Waals surface area contributed by atoms with Crippen LogP contribution in [0.25, 0.3) is 21.3 Å². The Balaban J connectivity index is 1.89. The molecule has 0 spiro atoms. The Hall–Kier alpha value is -3.25. The quantitative estimate of drug-likeness (QED) is 0.428. The molecule has 2 aromatic heterocycles. The zero-order valence-electron chi connectivity index (χ0n) is 17.0. The van der Waals surface area contributed by atoms with E-state index in [9.17, 15) is 9.59 Å². The summed E-state index contributed by atoms with van der Waals surface area (Å²) in [5, 5.41) is 2.47. The lowest BCUT2D eigenvalue weighted by Gasteiger charge is -2.17. The molecule has 0 bridgehead atoms. The highest BCUT2D eigenvalue weighted by molar-refractivity contribution is 7.17. The highest BCUT2D eigenvalue weighted by Crippen LogP contribution is 2.32. The normalized spacial score (nSPS) is 12.3. The van der Waals surface area contributed by atoms with Crippen LogP contribution in [0, 0.1) is 0 Å². The molecule has 0 fully saturated rings. The molecule has 152 valence electrons. The monoisotopic (exact) mass is 418 g/mol. The van der Waals surface area contributed by atoms with Gasteiger partial charge in [0.1, 0.15) is 11.2 Å². The maximum absolute atomic E-state index is 13.5. The number of ether oxygens (including phenoxy) is 1. The van der Waals surface area contributed by atoms with Crippen molar-refractivity contribution in [3.8, 4) is 11.1 Å². The van der Waals surface area contributed by atoms with Gasteiger partial charge in [0.05, 0.1) is 12.5 Å². The molecule has 4 rings (SSSR count). The first-order chi connectivity index (χ1) is 14.5. The second kappa shape index (κ2) is 8.24. The number of hydrogen-bond donors (Lipinski definition) is 0. The third-order valence-electron chi connectivity index (χ3n) is 5.23. The Labute approximate surface area is 178 Å². The van der Waals surface area contributed by atoms with Crippen LogP contribution in [0.3, 0.4) is 0 Å². The summed E-state index contributed by atoms with van der Waals surface area (Å²) in [5.74, 6) is -0.0774. The number of carbonyl (C=O) groups is 1.